The lowest BCUT2D eigenvalue weighted by Crippen LogP contribution is -2.08. The molecule has 2 heterocycles. The zero-order valence-corrected chi connectivity index (χ0v) is 31.0. The maximum absolute atomic E-state index is 14.7. The van der Waals surface area contributed by atoms with Crippen LogP contribution in [0.2, 0.25) is 0 Å². The highest BCUT2D eigenvalue weighted by atomic mass is 19.4. The molecule has 0 unspecified atom stereocenters. The Morgan fingerprint density at radius 1 is 0.429 bits per heavy atom. The number of aryl methyl sites for hydroxylation is 4. The normalized spacial score (nSPS) is 11.8. The predicted octanol–water partition coefficient (Wildman–Crippen LogP) is 13.2. The summed E-state index contributed by atoms with van der Waals surface area (Å²) >= 11 is 0. The number of benzene rings is 7. The molecule has 7 heteroatoms. The van der Waals surface area contributed by atoms with E-state index in [4.69, 9.17) is 0 Å². The molecular weight excluding hydrogens is 702 g/mol. The second kappa shape index (κ2) is 12.8. The van der Waals surface area contributed by atoms with E-state index in [2.05, 4.69) is 116 Å². The van der Waals surface area contributed by atoms with Crippen LogP contribution >= 0.6 is 0 Å². The molecule has 0 radical (unpaired) electrons. The molecule has 0 aliphatic heterocycles. The van der Waals surface area contributed by atoms with Gasteiger partial charge in [0.25, 0.3) is 0 Å². The van der Waals surface area contributed by atoms with Crippen molar-refractivity contribution in [1.29, 1.82) is 10.5 Å². The molecule has 0 aliphatic carbocycles. The van der Waals surface area contributed by atoms with Crippen LogP contribution in [-0.2, 0) is 6.18 Å². The Morgan fingerprint density at radius 3 is 1.25 bits per heavy atom. The van der Waals surface area contributed by atoms with E-state index in [-0.39, 0.29) is 11.1 Å². The fourth-order valence-corrected chi connectivity index (χ4v) is 8.25. The zero-order valence-electron chi connectivity index (χ0n) is 31.0. The minimum absolute atomic E-state index is 0.0430. The third kappa shape index (κ3) is 5.51. The van der Waals surface area contributed by atoms with E-state index in [1.54, 1.807) is 18.2 Å². The Bertz CT molecular complexity index is 3080. The van der Waals surface area contributed by atoms with Crippen molar-refractivity contribution >= 4 is 43.6 Å². The molecule has 0 saturated heterocycles. The minimum Gasteiger partial charge on any atom is -0.309 e. The van der Waals surface area contributed by atoms with Crippen LogP contribution in [0.4, 0.5) is 13.2 Å². The van der Waals surface area contributed by atoms with Crippen LogP contribution in [0.15, 0.2) is 127 Å². The summed E-state index contributed by atoms with van der Waals surface area (Å²) in [6.45, 7) is 8.25. The summed E-state index contributed by atoms with van der Waals surface area (Å²) in [6.07, 6.45) is -4.71. The lowest BCUT2D eigenvalue weighted by Gasteiger charge is -2.21. The summed E-state index contributed by atoms with van der Waals surface area (Å²) in [4.78, 5) is 0. The highest BCUT2D eigenvalue weighted by Crippen LogP contribution is 2.45. The average molecular weight is 735 g/mol. The first-order chi connectivity index (χ1) is 26.9. The molecule has 0 spiro atoms. The highest BCUT2D eigenvalue weighted by Gasteiger charge is 2.34. The van der Waals surface area contributed by atoms with Crippen molar-refractivity contribution in [3.8, 4) is 45.8 Å². The smallest absolute Gasteiger partial charge is 0.309 e. The lowest BCUT2D eigenvalue weighted by atomic mass is 9.92. The van der Waals surface area contributed by atoms with Gasteiger partial charge < -0.3 is 9.13 Å². The van der Waals surface area contributed by atoms with Gasteiger partial charge in [-0.3, -0.25) is 0 Å². The first kappa shape index (κ1) is 34.7. The van der Waals surface area contributed by atoms with E-state index in [0.29, 0.717) is 22.3 Å². The molecule has 0 bridgehead atoms. The first-order valence-corrected chi connectivity index (χ1v) is 18.3. The number of hydrogen-bond acceptors (Lipinski definition) is 2. The van der Waals surface area contributed by atoms with Crippen molar-refractivity contribution < 1.29 is 13.2 Å². The van der Waals surface area contributed by atoms with Gasteiger partial charge in [0, 0.05) is 32.7 Å². The van der Waals surface area contributed by atoms with Gasteiger partial charge in [-0.1, -0.05) is 58.7 Å². The summed E-state index contributed by atoms with van der Waals surface area (Å²) in [5, 5.41) is 24.1. The fraction of sp³-hybridized carbons (Fsp3) is 0.102. The zero-order chi connectivity index (χ0) is 39.0. The quantitative estimate of drug-likeness (QED) is 0.181. The molecule has 0 saturated carbocycles. The van der Waals surface area contributed by atoms with Gasteiger partial charge in [0.1, 0.15) is 0 Å². The summed E-state index contributed by atoms with van der Waals surface area (Å²) in [5.41, 5.74) is 10.8. The van der Waals surface area contributed by atoms with Crippen LogP contribution in [0.3, 0.4) is 0 Å². The van der Waals surface area contributed by atoms with Crippen LogP contribution in [-0.4, -0.2) is 9.13 Å². The third-order valence-corrected chi connectivity index (χ3v) is 10.8. The van der Waals surface area contributed by atoms with Gasteiger partial charge in [-0.25, -0.2) is 0 Å². The van der Waals surface area contributed by atoms with E-state index >= 15 is 0 Å². The number of halogens is 3. The fourth-order valence-electron chi connectivity index (χ4n) is 8.25. The number of rotatable bonds is 4. The molecule has 0 atom stereocenters. The molecular formula is C49H33F3N4. The van der Waals surface area contributed by atoms with Gasteiger partial charge in [0.15, 0.2) is 0 Å². The molecule has 56 heavy (non-hydrogen) atoms. The second-order valence-corrected chi connectivity index (χ2v) is 14.7. The molecule has 4 nitrogen and oxygen atoms in total. The Hall–Kier alpha value is -7.09. The van der Waals surface area contributed by atoms with Crippen LogP contribution in [0.25, 0.3) is 77.2 Å². The number of hydrogen-bond donors (Lipinski definition) is 0. The molecule has 0 aliphatic rings. The molecule has 2 aromatic heterocycles. The van der Waals surface area contributed by atoms with E-state index in [0.717, 1.165) is 83.3 Å². The van der Waals surface area contributed by atoms with Gasteiger partial charge in [-0.05, 0) is 130 Å². The highest BCUT2D eigenvalue weighted by molar-refractivity contribution is 6.12. The summed E-state index contributed by atoms with van der Waals surface area (Å²) in [6, 6.07) is 44.2. The van der Waals surface area contributed by atoms with E-state index < -0.39 is 11.7 Å². The van der Waals surface area contributed by atoms with Crippen LogP contribution in [0, 0.1) is 50.4 Å². The van der Waals surface area contributed by atoms with Gasteiger partial charge in [0.2, 0.25) is 0 Å². The summed E-state index contributed by atoms with van der Waals surface area (Å²) in [5.74, 6) is 0. The standard InChI is InChI=1S/C49H33F3N4/c1-28-5-13-43-36(19-28)37-20-29(2)6-14-44(37)55(43)47-17-10-32(26-53)23-40(47)41-25-34(35-12-9-33(27-54)24-42(35)49(50,51)52)11-18-48(41)56-45-15-7-30(3)21-38(45)39-22-31(4)8-16-46(39)56/h5-25H,1-4H3. The van der Waals surface area contributed by atoms with Crippen molar-refractivity contribution in [3.05, 3.63) is 166 Å². The SMILES string of the molecule is Cc1ccc2c(c1)c1cc(C)ccc1n2-c1ccc(C#N)cc1-c1cc(-c2ccc(C#N)cc2C(F)(F)F)ccc1-n1c2ccc(C)cc2c2cc(C)ccc21. The van der Waals surface area contributed by atoms with Crippen molar-refractivity contribution in [2.45, 2.75) is 33.9 Å². The molecule has 9 aromatic rings. The molecule has 7 aromatic carbocycles. The number of alkyl halides is 3. The van der Waals surface area contributed by atoms with Crippen LogP contribution in [0.5, 0.6) is 0 Å². The average Bonchev–Trinajstić information content (AvgIpc) is 3.67. The number of aromatic nitrogens is 2. The number of nitriles is 2. The Morgan fingerprint density at radius 2 is 0.821 bits per heavy atom. The molecule has 0 fully saturated rings. The first-order valence-electron chi connectivity index (χ1n) is 18.3. The second-order valence-electron chi connectivity index (χ2n) is 14.7. The topological polar surface area (TPSA) is 57.4 Å². The van der Waals surface area contributed by atoms with Crippen molar-refractivity contribution in [2.75, 3.05) is 0 Å². The van der Waals surface area contributed by atoms with Crippen molar-refractivity contribution in [3.63, 3.8) is 0 Å². The predicted molar refractivity (Wildman–Crippen MR) is 219 cm³/mol. The van der Waals surface area contributed by atoms with Gasteiger partial charge in [0.05, 0.1) is 62.3 Å². The minimum atomic E-state index is -4.71. The Kier molecular flexibility index (Phi) is 7.90. The van der Waals surface area contributed by atoms with Crippen molar-refractivity contribution in [1.82, 2.24) is 9.13 Å². The summed E-state index contributed by atoms with van der Waals surface area (Å²) in [7, 11) is 0. The number of fused-ring (bicyclic) bond motifs is 6. The van der Waals surface area contributed by atoms with E-state index in [1.165, 1.54) is 12.1 Å². The molecule has 0 N–H and O–H groups in total. The monoisotopic (exact) mass is 734 g/mol. The van der Waals surface area contributed by atoms with Gasteiger partial charge in [-0.15, -0.1) is 0 Å². The molecule has 0 amide bonds. The van der Waals surface area contributed by atoms with Crippen LogP contribution < -0.4 is 0 Å². The van der Waals surface area contributed by atoms with Gasteiger partial charge in [-0.2, -0.15) is 23.7 Å². The number of nitrogens with zero attached hydrogens (tertiary/aromatic N) is 4. The van der Waals surface area contributed by atoms with E-state index in [9.17, 15) is 23.7 Å². The Labute approximate surface area is 321 Å². The lowest BCUT2D eigenvalue weighted by molar-refractivity contribution is -0.137. The maximum Gasteiger partial charge on any atom is 0.417 e. The van der Waals surface area contributed by atoms with Gasteiger partial charge >= 0.3 is 6.18 Å². The van der Waals surface area contributed by atoms with Crippen molar-refractivity contribution in [2.24, 2.45) is 0 Å². The largest absolute Gasteiger partial charge is 0.417 e. The summed E-state index contributed by atoms with van der Waals surface area (Å²) < 4.78 is 48.6. The third-order valence-electron chi connectivity index (χ3n) is 10.8. The molecule has 270 valence electrons. The van der Waals surface area contributed by atoms with E-state index in [1.807, 2.05) is 24.3 Å². The maximum atomic E-state index is 14.7. The van der Waals surface area contributed by atoms with Crippen LogP contribution in [0.1, 0.15) is 38.9 Å². The Balaban J connectivity index is 1.44. The molecule has 9 rings (SSSR count).